The van der Waals surface area contributed by atoms with Crippen LogP contribution in [0, 0.1) is 24.7 Å². The van der Waals surface area contributed by atoms with Crippen LogP contribution in [0.3, 0.4) is 0 Å². The number of hydrogen-bond acceptors (Lipinski definition) is 5. The van der Waals surface area contributed by atoms with Gasteiger partial charge in [-0.15, -0.1) is 0 Å². The average Bonchev–Trinajstić information content (AvgIpc) is 3.71. The number of fused-ring (bicyclic) bond motifs is 2. The summed E-state index contributed by atoms with van der Waals surface area (Å²) in [5, 5.41) is 6.73. The number of carbonyl (C=O) groups is 4. The van der Waals surface area contributed by atoms with E-state index in [-0.39, 0.29) is 55.0 Å². The Balaban J connectivity index is 0.000000434. The van der Waals surface area contributed by atoms with Crippen molar-refractivity contribution in [2.45, 2.75) is 33.1 Å². The number of nitrogens with zero attached hydrogens (tertiary/aromatic N) is 3. The summed E-state index contributed by atoms with van der Waals surface area (Å²) in [6.45, 7) is 5.44. The van der Waals surface area contributed by atoms with Gasteiger partial charge in [-0.1, -0.05) is 67.4 Å². The van der Waals surface area contributed by atoms with Crippen molar-refractivity contribution in [2.75, 3.05) is 39.8 Å². The highest BCUT2D eigenvalue weighted by Crippen LogP contribution is 2.36. The van der Waals surface area contributed by atoms with Gasteiger partial charge in [0.25, 0.3) is 5.91 Å². The molecule has 4 aromatic rings. The lowest BCUT2D eigenvalue weighted by molar-refractivity contribution is -0.139. The number of aromatic nitrogens is 2. The number of nitrogens with one attached hydrogen (secondary N) is 3. The van der Waals surface area contributed by atoms with Gasteiger partial charge >= 0.3 is 0 Å². The Morgan fingerprint density at radius 1 is 0.979 bits per heavy atom. The first-order chi connectivity index (χ1) is 23.2. The quantitative estimate of drug-likeness (QED) is 0.256. The fourth-order valence-electron chi connectivity index (χ4n) is 6.58. The minimum absolute atomic E-state index is 0.0744. The lowest BCUT2D eigenvalue weighted by Gasteiger charge is -2.39. The van der Waals surface area contributed by atoms with E-state index < -0.39 is 5.92 Å². The molecule has 2 aromatic heterocycles. The van der Waals surface area contributed by atoms with E-state index >= 15 is 0 Å². The van der Waals surface area contributed by atoms with Crippen LogP contribution in [0.4, 0.5) is 0 Å². The van der Waals surface area contributed by atoms with Crippen molar-refractivity contribution in [2.24, 2.45) is 17.8 Å². The van der Waals surface area contributed by atoms with Crippen molar-refractivity contribution >= 4 is 46.1 Å². The van der Waals surface area contributed by atoms with Gasteiger partial charge in [0.1, 0.15) is 5.69 Å². The summed E-state index contributed by atoms with van der Waals surface area (Å²) in [7, 11) is 1.50. The molecule has 10 nitrogen and oxygen atoms in total. The van der Waals surface area contributed by atoms with Crippen LogP contribution in [0.5, 0.6) is 0 Å². The Morgan fingerprint density at radius 2 is 1.75 bits per heavy atom. The molecule has 2 aliphatic heterocycles. The predicted octanol–water partition coefficient (Wildman–Crippen LogP) is 4.42. The Bertz CT molecular complexity index is 1740. The summed E-state index contributed by atoms with van der Waals surface area (Å²) in [5.41, 5.74) is 4.46. The maximum absolute atomic E-state index is 13.5. The monoisotopic (exact) mass is 670 g/mol. The molecule has 2 fully saturated rings. The summed E-state index contributed by atoms with van der Waals surface area (Å²) < 4.78 is 0. The Hall–Kier alpha value is -4.70. The minimum atomic E-state index is -0.553. The largest absolute Gasteiger partial charge is 0.361 e. The molecule has 3 N–H and O–H groups in total. The van der Waals surface area contributed by atoms with Crippen LogP contribution in [0.1, 0.15) is 40.5 Å². The van der Waals surface area contributed by atoms with Gasteiger partial charge < -0.3 is 25.4 Å². The summed E-state index contributed by atoms with van der Waals surface area (Å²) in [6.07, 6.45) is 6.08. The zero-order chi connectivity index (χ0) is 34.2. The van der Waals surface area contributed by atoms with Gasteiger partial charge in [0.05, 0.1) is 18.9 Å². The number of rotatable bonds is 8. The van der Waals surface area contributed by atoms with E-state index in [1.807, 2.05) is 31.3 Å². The number of H-pyrrole nitrogens is 1. The number of amides is 4. The number of hydrogen-bond donors (Lipinski definition) is 3. The molecule has 48 heavy (non-hydrogen) atoms. The first-order valence-electron chi connectivity index (χ1n) is 16.4. The van der Waals surface area contributed by atoms with E-state index in [0.29, 0.717) is 30.4 Å². The van der Waals surface area contributed by atoms with Gasteiger partial charge in [-0.25, -0.2) is 0 Å². The molecule has 3 unspecified atom stereocenters. The summed E-state index contributed by atoms with van der Waals surface area (Å²) in [6, 6.07) is 19.6. The van der Waals surface area contributed by atoms with E-state index in [1.54, 1.807) is 28.1 Å². The fraction of sp³-hybridized carbons (Fsp3) is 0.378. The topological polar surface area (TPSA) is 128 Å². The predicted molar refractivity (Wildman–Crippen MR) is 186 cm³/mol. The molecule has 0 bridgehead atoms. The number of piperidine rings is 1. The average molecular weight is 671 g/mol. The fourth-order valence-corrected chi connectivity index (χ4v) is 6.75. The molecule has 0 radical (unpaired) electrons. The van der Waals surface area contributed by atoms with Crippen molar-refractivity contribution in [1.29, 1.82) is 0 Å². The third kappa shape index (κ3) is 8.41. The third-order valence-corrected chi connectivity index (χ3v) is 9.38. The van der Waals surface area contributed by atoms with Gasteiger partial charge in [0.15, 0.2) is 0 Å². The maximum Gasteiger partial charge on any atom is 0.272 e. The second kappa shape index (κ2) is 15.9. The van der Waals surface area contributed by atoms with Crippen molar-refractivity contribution in [3.05, 3.63) is 100 Å². The number of likely N-dealkylation sites (N-methyl/N-ethyl adjacent to an activating group) is 1. The van der Waals surface area contributed by atoms with Gasteiger partial charge in [0, 0.05) is 61.5 Å². The lowest BCUT2D eigenvalue weighted by Crippen LogP contribution is -2.54. The maximum atomic E-state index is 13.5. The first kappa shape index (κ1) is 34.6. The molecule has 0 spiro atoms. The van der Waals surface area contributed by atoms with Crippen molar-refractivity contribution < 1.29 is 19.2 Å². The molecule has 0 saturated carbocycles. The molecule has 4 amide bonds. The van der Waals surface area contributed by atoms with Gasteiger partial charge in [0.2, 0.25) is 17.7 Å². The SMILES string of the molecule is CCCc1ccccc1.CNC(=O)CNC(=O)C1CN(C(=O)Cc2c[nH]c3cc(Cl)ccc23)CC2CN(C(=O)c3ccc(C)cn3)CC21. The second-order valence-electron chi connectivity index (χ2n) is 12.6. The summed E-state index contributed by atoms with van der Waals surface area (Å²) >= 11 is 6.10. The number of aryl methyl sites for hydroxylation is 2. The zero-order valence-electron chi connectivity index (χ0n) is 27.7. The summed E-state index contributed by atoms with van der Waals surface area (Å²) in [5.74, 6) is -1.66. The molecule has 0 aliphatic carbocycles. The Morgan fingerprint density at radius 3 is 2.46 bits per heavy atom. The molecular formula is C37H43ClN6O4. The normalized spacial score (nSPS) is 18.5. The van der Waals surface area contributed by atoms with Crippen LogP contribution in [-0.4, -0.2) is 83.2 Å². The molecule has 4 heterocycles. The van der Waals surface area contributed by atoms with Crippen LogP contribution in [0.15, 0.2) is 73.1 Å². The van der Waals surface area contributed by atoms with Crippen LogP contribution < -0.4 is 10.6 Å². The number of halogens is 1. The molecule has 2 saturated heterocycles. The van der Waals surface area contributed by atoms with Gasteiger partial charge in [-0.2, -0.15) is 0 Å². The third-order valence-electron chi connectivity index (χ3n) is 9.14. The number of pyridine rings is 1. The molecule has 252 valence electrons. The van der Waals surface area contributed by atoms with E-state index in [0.717, 1.165) is 22.0 Å². The Labute approximate surface area is 286 Å². The lowest BCUT2D eigenvalue weighted by atomic mass is 9.79. The molecule has 11 heteroatoms. The first-order valence-corrected chi connectivity index (χ1v) is 16.8. The summed E-state index contributed by atoms with van der Waals surface area (Å²) in [4.78, 5) is 62.7. The number of carbonyl (C=O) groups excluding carboxylic acids is 4. The van der Waals surface area contributed by atoms with Gasteiger partial charge in [-0.05, 0) is 60.1 Å². The van der Waals surface area contributed by atoms with Crippen LogP contribution in [0.25, 0.3) is 10.9 Å². The minimum Gasteiger partial charge on any atom is -0.361 e. The Kier molecular flexibility index (Phi) is 11.5. The number of benzene rings is 2. The van der Waals surface area contributed by atoms with Crippen molar-refractivity contribution in [3.8, 4) is 0 Å². The van der Waals surface area contributed by atoms with Gasteiger partial charge in [-0.3, -0.25) is 24.2 Å². The van der Waals surface area contributed by atoms with E-state index in [4.69, 9.17) is 11.6 Å². The van der Waals surface area contributed by atoms with Crippen LogP contribution >= 0.6 is 11.6 Å². The molecule has 3 atom stereocenters. The van der Waals surface area contributed by atoms with E-state index in [2.05, 4.69) is 57.9 Å². The number of aromatic amines is 1. The zero-order valence-corrected chi connectivity index (χ0v) is 28.4. The van der Waals surface area contributed by atoms with Crippen molar-refractivity contribution in [3.63, 3.8) is 0 Å². The highest BCUT2D eigenvalue weighted by Gasteiger charge is 2.48. The standard InChI is InChI=1S/C28H31ClN6O4.C9H12/c1-16-3-6-23(31-9-16)28(39)35-13-18-12-34(15-22(21(18)14-35)27(38)33-11-25(36)30-2)26(37)7-17-10-32-24-8-19(29)4-5-20(17)24;1-2-6-9-7-4-3-5-8-9/h3-6,8-10,18,21-22,32H,7,11-15H2,1-2H3,(H,30,36)(H,33,38);3-5,7-8H,2,6H2,1H3. The number of likely N-dealkylation sites (tertiary alicyclic amines) is 2. The van der Waals surface area contributed by atoms with E-state index in [9.17, 15) is 19.2 Å². The highest BCUT2D eigenvalue weighted by atomic mass is 35.5. The molecule has 6 rings (SSSR count). The van der Waals surface area contributed by atoms with E-state index in [1.165, 1.54) is 25.5 Å². The molecule has 2 aromatic carbocycles. The van der Waals surface area contributed by atoms with Crippen LogP contribution in [0.2, 0.25) is 5.02 Å². The smallest absolute Gasteiger partial charge is 0.272 e. The second-order valence-corrected chi connectivity index (χ2v) is 13.0. The molecule has 2 aliphatic rings. The van der Waals surface area contributed by atoms with Crippen molar-refractivity contribution in [1.82, 2.24) is 30.4 Å². The van der Waals surface area contributed by atoms with Crippen LogP contribution in [-0.2, 0) is 27.2 Å². The highest BCUT2D eigenvalue weighted by molar-refractivity contribution is 6.31. The molecular weight excluding hydrogens is 628 g/mol.